The lowest BCUT2D eigenvalue weighted by molar-refractivity contribution is 0.217. The Labute approximate surface area is 193 Å². The zero-order valence-electron chi connectivity index (χ0n) is 18.9. The molecule has 1 N–H and O–H groups in total. The van der Waals surface area contributed by atoms with Crippen LogP contribution in [0.3, 0.4) is 0 Å². The van der Waals surface area contributed by atoms with Crippen molar-refractivity contribution in [2.45, 2.75) is 31.8 Å². The molecule has 0 fully saturated rings. The highest BCUT2D eigenvalue weighted by molar-refractivity contribution is 7.92. The van der Waals surface area contributed by atoms with Crippen LogP contribution >= 0.6 is 0 Å². The van der Waals surface area contributed by atoms with Crippen molar-refractivity contribution >= 4 is 16.0 Å². The summed E-state index contributed by atoms with van der Waals surface area (Å²) >= 11 is 0. The number of hydrogen-bond donors (Lipinski definition) is 1. The van der Waals surface area contributed by atoms with Crippen LogP contribution in [0.4, 0.5) is 5.95 Å². The normalized spacial score (nSPS) is 12.4. The second-order valence-electron chi connectivity index (χ2n) is 7.81. The number of nitrogens with zero attached hydrogens (tertiary/aromatic N) is 4. The molecule has 2 aromatic heterocycles. The highest BCUT2D eigenvalue weighted by atomic mass is 32.2. The van der Waals surface area contributed by atoms with Gasteiger partial charge in [-0.3, -0.25) is 4.68 Å². The smallest absolute Gasteiger partial charge is 0.267 e. The average molecular weight is 464 g/mol. The first-order valence-electron chi connectivity index (χ1n) is 10.4. The molecule has 4 rings (SSSR count). The number of nitrogens with one attached hydrogen (secondary N) is 1. The van der Waals surface area contributed by atoms with Gasteiger partial charge < -0.3 is 4.74 Å². The molecule has 2 aromatic carbocycles. The Morgan fingerprint density at radius 2 is 1.70 bits per heavy atom. The number of aromatic nitrogens is 4. The van der Waals surface area contributed by atoms with Gasteiger partial charge in [0.2, 0.25) is 11.8 Å². The van der Waals surface area contributed by atoms with Crippen molar-refractivity contribution < 1.29 is 13.2 Å². The molecule has 0 aliphatic heterocycles. The molecule has 0 radical (unpaired) electrons. The topological polar surface area (TPSA) is 99.0 Å². The molecule has 0 aliphatic rings. The SMILES string of the molecule is Cc1cccc(C)c1-c1cc(O[C@H](C)c2ccccc2)nc(NS(=O)(=O)c2cnn(C)c2)n1. The summed E-state index contributed by atoms with van der Waals surface area (Å²) in [6.07, 6.45) is 2.38. The first-order valence-corrected chi connectivity index (χ1v) is 11.9. The highest BCUT2D eigenvalue weighted by Gasteiger charge is 2.20. The summed E-state index contributed by atoms with van der Waals surface area (Å²) in [7, 11) is -2.28. The van der Waals surface area contributed by atoms with Crippen LogP contribution in [0.1, 0.15) is 29.7 Å². The number of anilines is 1. The van der Waals surface area contributed by atoms with Crippen molar-refractivity contribution in [1.29, 1.82) is 0 Å². The minimum absolute atomic E-state index is 0.0196. The summed E-state index contributed by atoms with van der Waals surface area (Å²) in [5.41, 5.74) is 4.47. The third kappa shape index (κ3) is 5.04. The second-order valence-corrected chi connectivity index (χ2v) is 9.49. The third-order valence-electron chi connectivity index (χ3n) is 5.22. The van der Waals surface area contributed by atoms with E-state index < -0.39 is 10.0 Å². The van der Waals surface area contributed by atoms with Crippen LogP contribution in [0, 0.1) is 13.8 Å². The summed E-state index contributed by atoms with van der Waals surface area (Å²) in [6, 6.07) is 17.4. The van der Waals surface area contributed by atoms with Crippen LogP contribution < -0.4 is 9.46 Å². The van der Waals surface area contributed by atoms with Gasteiger partial charge in [0, 0.05) is 24.9 Å². The molecular formula is C24H25N5O3S. The molecular weight excluding hydrogens is 438 g/mol. The average Bonchev–Trinajstić information content (AvgIpc) is 3.21. The molecule has 170 valence electrons. The Kier molecular flexibility index (Phi) is 6.15. The third-order valence-corrected chi connectivity index (χ3v) is 6.51. The molecule has 8 nitrogen and oxygen atoms in total. The number of hydrogen-bond acceptors (Lipinski definition) is 6. The maximum atomic E-state index is 12.9. The van der Waals surface area contributed by atoms with E-state index in [1.54, 1.807) is 13.1 Å². The number of ether oxygens (including phenoxy) is 1. The molecule has 0 spiro atoms. The zero-order valence-corrected chi connectivity index (χ0v) is 19.7. The lowest BCUT2D eigenvalue weighted by Crippen LogP contribution is -2.16. The Balaban J connectivity index is 1.76. The molecule has 33 heavy (non-hydrogen) atoms. The molecule has 0 aliphatic carbocycles. The fraction of sp³-hybridized carbons (Fsp3) is 0.208. The van der Waals surface area contributed by atoms with E-state index in [-0.39, 0.29) is 22.8 Å². The van der Waals surface area contributed by atoms with Gasteiger partial charge >= 0.3 is 0 Å². The summed E-state index contributed by atoms with van der Waals surface area (Å²) in [5, 5.41) is 3.94. The Bertz CT molecular complexity index is 1360. The van der Waals surface area contributed by atoms with Gasteiger partial charge in [-0.15, -0.1) is 0 Å². The molecule has 0 unspecified atom stereocenters. The molecule has 9 heteroatoms. The number of sulfonamides is 1. The fourth-order valence-corrected chi connectivity index (χ4v) is 4.49. The Morgan fingerprint density at radius 3 is 2.33 bits per heavy atom. The van der Waals surface area contributed by atoms with E-state index in [0.717, 1.165) is 22.3 Å². The van der Waals surface area contributed by atoms with Gasteiger partial charge in [-0.25, -0.2) is 18.1 Å². The largest absolute Gasteiger partial charge is 0.470 e. The van der Waals surface area contributed by atoms with Gasteiger partial charge in [0.05, 0.1) is 11.9 Å². The van der Waals surface area contributed by atoms with Crippen molar-refractivity contribution in [2.24, 2.45) is 7.05 Å². The van der Waals surface area contributed by atoms with Gasteiger partial charge in [0.25, 0.3) is 10.0 Å². The fourth-order valence-electron chi connectivity index (χ4n) is 3.57. The standard InChI is InChI=1S/C24H25N5O3S/c1-16-9-8-10-17(2)23(16)21-13-22(32-18(3)19-11-6-5-7-12-19)27-24(26-21)28-33(30,31)20-14-25-29(4)15-20/h5-15,18H,1-4H3,(H,26,27,28)/t18-/m1/s1. The summed E-state index contributed by atoms with van der Waals surface area (Å²) in [5.74, 6) is 0.192. The summed E-state index contributed by atoms with van der Waals surface area (Å²) in [6.45, 7) is 5.88. The molecule has 0 bridgehead atoms. The van der Waals surface area contributed by atoms with E-state index in [0.29, 0.717) is 5.69 Å². The number of rotatable bonds is 7. The van der Waals surface area contributed by atoms with E-state index in [1.807, 2.05) is 69.3 Å². The van der Waals surface area contributed by atoms with Gasteiger partial charge in [0.15, 0.2) is 0 Å². The molecule has 1 atom stereocenters. The van der Waals surface area contributed by atoms with Crippen LogP contribution in [0.25, 0.3) is 11.3 Å². The minimum atomic E-state index is -3.92. The van der Waals surface area contributed by atoms with Crippen LogP contribution in [-0.2, 0) is 17.1 Å². The lowest BCUT2D eigenvalue weighted by atomic mass is 10.00. The zero-order chi connectivity index (χ0) is 23.6. The van der Waals surface area contributed by atoms with Crippen molar-refractivity contribution in [3.8, 4) is 17.1 Å². The second kappa shape index (κ2) is 9.03. The first-order chi connectivity index (χ1) is 15.7. The predicted molar refractivity (Wildman–Crippen MR) is 126 cm³/mol. The van der Waals surface area contributed by atoms with E-state index in [1.165, 1.54) is 17.1 Å². The highest BCUT2D eigenvalue weighted by Crippen LogP contribution is 2.30. The van der Waals surface area contributed by atoms with Crippen LogP contribution in [0.2, 0.25) is 0 Å². The molecule has 0 amide bonds. The lowest BCUT2D eigenvalue weighted by Gasteiger charge is -2.17. The van der Waals surface area contributed by atoms with Gasteiger partial charge in [-0.2, -0.15) is 10.1 Å². The maximum Gasteiger partial charge on any atom is 0.267 e. The predicted octanol–water partition coefficient (Wildman–Crippen LogP) is 4.43. The van der Waals surface area contributed by atoms with Crippen molar-refractivity contribution in [3.63, 3.8) is 0 Å². The van der Waals surface area contributed by atoms with E-state index in [4.69, 9.17) is 4.74 Å². The monoisotopic (exact) mass is 463 g/mol. The van der Waals surface area contributed by atoms with Gasteiger partial charge in [0.1, 0.15) is 11.0 Å². The number of benzene rings is 2. The molecule has 2 heterocycles. The minimum Gasteiger partial charge on any atom is -0.470 e. The summed E-state index contributed by atoms with van der Waals surface area (Å²) < 4.78 is 35.7. The van der Waals surface area contributed by atoms with Crippen molar-refractivity contribution in [3.05, 3.63) is 83.7 Å². The van der Waals surface area contributed by atoms with E-state index >= 15 is 0 Å². The molecule has 0 saturated carbocycles. The summed E-state index contributed by atoms with van der Waals surface area (Å²) in [4.78, 5) is 8.88. The quantitative estimate of drug-likeness (QED) is 0.435. The molecule has 4 aromatic rings. The van der Waals surface area contributed by atoms with Gasteiger partial charge in [-0.1, -0.05) is 48.5 Å². The van der Waals surface area contributed by atoms with Crippen molar-refractivity contribution in [2.75, 3.05) is 4.72 Å². The Morgan fingerprint density at radius 1 is 1.00 bits per heavy atom. The Hall–Kier alpha value is -3.72. The van der Waals surface area contributed by atoms with E-state index in [2.05, 4.69) is 19.8 Å². The van der Waals surface area contributed by atoms with Crippen molar-refractivity contribution in [1.82, 2.24) is 19.7 Å². The van der Waals surface area contributed by atoms with Crippen LogP contribution in [-0.4, -0.2) is 28.2 Å². The maximum absolute atomic E-state index is 12.9. The van der Waals surface area contributed by atoms with E-state index in [9.17, 15) is 8.42 Å². The number of aryl methyl sites for hydroxylation is 3. The van der Waals surface area contributed by atoms with Gasteiger partial charge in [-0.05, 0) is 37.5 Å². The van der Waals surface area contributed by atoms with Crippen LogP contribution in [0.15, 0.2) is 71.9 Å². The molecule has 0 saturated heterocycles. The first kappa shape index (κ1) is 22.5. The van der Waals surface area contributed by atoms with Crippen LogP contribution in [0.5, 0.6) is 5.88 Å².